The summed E-state index contributed by atoms with van der Waals surface area (Å²) < 4.78 is 0. The number of hydrogen-bond donors (Lipinski definition) is 0. The molecule has 0 N–H and O–H groups in total. The van der Waals surface area contributed by atoms with Crippen molar-refractivity contribution in [1.82, 2.24) is 0 Å². The van der Waals surface area contributed by atoms with Crippen LogP contribution in [0.25, 0.3) is 0 Å². The highest BCUT2D eigenvalue weighted by Gasteiger charge is 2.61. The number of hydrogen-bond acceptors (Lipinski definition) is 2. The zero-order valence-electron chi connectivity index (χ0n) is 8.84. The average Bonchev–Trinajstić information content (AvgIpc) is 2.88. The summed E-state index contributed by atoms with van der Waals surface area (Å²) in [5.74, 6) is 1.08. The molecule has 16 heavy (non-hydrogen) atoms. The lowest BCUT2D eigenvalue weighted by molar-refractivity contribution is -0.119. The van der Waals surface area contributed by atoms with E-state index in [1.165, 1.54) is 0 Å². The van der Waals surface area contributed by atoms with Crippen molar-refractivity contribution >= 4 is 11.6 Å². The molecule has 1 amide bonds. The quantitative estimate of drug-likeness (QED) is 0.750. The summed E-state index contributed by atoms with van der Waals surface area (Å²) >= 11 is 0. The van der Waals surface area contributed by atoms with Crippen molar-refractivity contribution in [2.24, 2.45) is 17.8 Å². The number of carbonyl (C=O) groups is 1. The van der Waals surface area contributed by atoms with Crippen LogP contribution in [0.5, 0.6) is 0 Å². The number of benzene rings is 1. The number of rotatable bonds is 2. The summed E-state index contributed by atoms with van der Waals surface area (Å²) in [5, 5.41) is 8.63. The Morgan fingerprint density at radius 3 is 2.69 bits per heavy atom. The van der Waals surface area contributed by atoms with E-state index in [2.05, 4.69) is 6.07 Å². The molecule has 1 aromatic rings. The van der Waals surface area contributed by atoms with Gasteiger partial charge in [0.25, 0.3) is 0 Å². The minimum Gasteiger partial charge on any atom is -0.312 e. The summed E-state index contributed by atoms with van der Waals surface area (Å²) in [4.78, 5) is 13.9. The summed E-state index contributed by atoms with van der Waals surface area (Å²) in [7, 11) is 0. The van der Waals surface area contributed by atoms with E-state index in [-0.39, 0.29) is 11.8 Å². The number of amides is 1. The van der Waals surface area contributed by atoms with Gasteiger partial charge in [0.2, 0.25) is 5.91 Å². The highest BCUT2D eigenvalue weighted by Crippen LogP contribution is 2.54. The number of fused-ring (bicyclic) bond motifs is 1. The van der Waals surface area contributed by atoms with Gasteiger partial charge in [0.1, 0.15) is 0 Å². The van der Waals surface area contributed by atoms with Gasteiger partial charge in [-0.05, 0) is 24.0 Å². The van der Waals surface area contributed by atoms with Gasteiger partial charge in [0.05, 0.1) is 6.07 Å². The molecule has 0 aromatic heterocycles. The van der Waals surface area contributed by atoms with Crippen LogP contribution in [0.15, 0.2) is 30.3 Å². The molecule has 0 unspecified atom stereocenters. The van der Waals surface area contributed by atoms with Gasteiger partial charge in [0.15, 0.2) is 0 Å². The fourth-order valence-corrected chi connectivity index (χ4v) is 2.77. The van der Waals surface area contributed by atoms with Crippen molar-refractivity contribution < 1.29 is 4.79 Å². The molecular weight excluding hydrogens is 200 g/mol. The highest BCUT2D eigenvalue weighted by molar-refractivity contribution is 6.00. The largest absolute Gasteiger partial charge is 0.312 e. The monoisotopic (exact) mass is 212 g/mol. The predicted octanol–water partition coefficient (Wildman–Crippen LogP) is 1.81. The molecule has 2 aliphatic rings. The Kier molecular flexibility index (Phi) is 1.97. The first-order valence-electron chi connectivity index (χ1n) is 5.56. The van der Waals surface area contributed by atoms with E-state index in [0.717, 1.165) is 12.2 Å². The SMILES string of the molecule is N#CC[C@H]1[C@@H]2CN(c3ccccc3)C(=O)[C@@H]12. The van der Waals surface area contributed by atoms with Crippen molar-refractivity contribution in [2.75, 3.05) is 11.4 Å². The summed E-state index contributed by atoms with van der Waals surface area (Å²) in [5.41, 5.74) is 0.982. The topological polar surface area (TPSA) is 44.1 Å². The second-order valence-electron chi connectivity index (χ2n) is 4.50. The van der Waals surface area contributed by atoms with Gasteiger partial charge in [-0.1, -0.05) is 18.2 Å². The third-order valence-electron chi connectivity index (χ3n) is 3.67. The van der Waals surface area contributed by atoms with Crippen LogP contribution in [0, 0.1) is 29.1 Å². The normalized spacial score (nSPS) is 31.1. The van der Waals surface area contributed by atoms with Crippen LogP contribution in [-0.4, -0.2) is 12.5 Å². The van der Waals surface area contributed by atoms with Gasteiger partial charge in [-0.15, -0.1) is 0 Å². The smallest absolute Gasteiger partial charge is 0.230 e. The lowest BCUT2D eigenvalue weighted by atomic mass is 10.2. The zero-order chi connectivity index (χ0) is 11.1. The van der Waals surface area contributed by atoms with Gasteiger partial charge in [0, 0.05) is 24.6 Å². The Morgan fingerprint density at radius 1 is 1.38 bits per heavy atom. The van der Waals surface area contributed by atoms with Gasteiger partial charge in [-0.3, -0.25) is 4.79 Å². The van der Waals surface area contributed by atoms with Gasteiger partial charge < -0.3 is 4.90 Å². The third kappa shape index (κ3) is 1.23. The van der Waals surface area contributed by atoms with Crippen LogP contribution in [0.2, 0.25) is 0 Å². The number of nitriles is 1. The summed E-state index contributed by atoms with van der Waals surface area (Å²) in [6.45, 7) is 0.792. The summed E-state index contributed by atoms with van der Waals surface area (Å²) in [6, 6.07) is 11.9. The summed E-state index contributed by atoms with van der Waals surface area (Å²) in [6.07, 6.45) is 0.531. The molecule has 0 bridgehead atoms. The molecule has 3 heteroatoms. The Bertz CT molecular complexity index is 463. The van der Waals surface area contributed by atoms with E-state index >= 15 is 0 Å². The molecule has 1 heterocycles. The Labute approximate surface area is 94.3 Å². The van der Waals surface area contributed by atoms with Crippen molar-refractivity contribution in [1.29, 1.82) is 5.26 Å². The second-order valence-corrected chi connectivity index (χ2v) is 4.50. The molecule has 0 spiro atoms. The van der Waals surface area contributed by atoms with Gasteiger partial charge >= 0.3 is 0 Å². The number of carbonyl (C=O) groups excluding carboxylic acids is 1. The van der Waals surface area contributed by atoms with Crippen LogP contribution in [0.3, 0.4) is 0 Å². The van der Waals surface area contributed by atoms with E-state index in [0.29, 0.717) is 18.3 Å². The molecule has 80 valence electrons. The molecule has 0 radical (unpaired) electrons. The van der Waals surface area contributed by atoms with Crippen molar-refractivity contribution in [2.45, 2.75) is 6.42 Å². The predicted molar refractivity (Wildman–Crippen MR) is 59.5 cm³/mol. The lowest BCUT2D eigenvalue weighted by Crippen LogP contribution is -2.29. The fourth-order valence-electron chi connectivity index (χ4n) is 2.77. The van der Waals surface area contributed by atoms with Crippen molar-refractivity contribution in [3.63, 3.8) is 0 Å². The number of para-hydroxylation sites is 1. The molecule has 1 aromatic carbocycles. The van der Waals surface area contributed by atoms with E-state index < -0.39 is 0 Å². The molecule has 2 fully saturated rings. The molecule has 3 nitrogen and oxygen atoms in total. The van der Waals surface area contributed by atoms with E-state index in [4.69, 9.17) is 5.26 Å². The maximum Gasteiger partial charge on any atom is 0.230 e. The van der Waals surface area contributed by atoms with E-state index in [1.807, 2.05) is 35.2 Å². The molecule has 3 rings (SSSR count). The van der Waals surface area contributed by atoms with Crippen molar-refractivity contribution in [3.05, 3.63) is 30.3 Å². The average molecular weight is 212 g/mol. The Morgan fingerprint density at radius 2 is 2.12 bits per heavy atom. The van der Waals surface area contributed by atoms with Crippen LogP contribution in [-0.2, 0) is 4.79 Å². The molecule has 3 atom stereocenters. The minimum absolute atomic E-state index is 0.125. The molecule has 1 aliphatic heterocycles. The first-order valence-corrected chi connectivity index (χ1v) is 5.56. The van der Waals surface area contributed by atoms with Crippen LogP contribution in [0.4, 0.5) is 5.69 Å². The molecule has 1 saturated carbocycles. The van der Waals surface area contributed by atoms with Gasteiger partial charge in [-0.25, -0.2) is 0 Å². The molecular formula is C13H12N2O. The first-order chi connectivity index (χ1) is 7.83. The Balaban J connectivity index is 1.76. The first kappa shape index (κ1) is 9.41. The minimum atomic E-state index is 0.125. The Hall–Kier alpha value is -1.82. The van der Waals surface area contributed by atoms with Crippen LogP contribution < -0.4 is 4.90 Å². The van der Waals surface area contributed by atoms with E-state index in [9.17, 15) is 4.79 Å². The van der Waals surface area contributed by atoms with E-state index in [1.54, 1.807) is 0 Å². The highest BCUT2D eigenvalue weighted by atomic mass is 16.2. The standard InChI is InChI=1S/C13H12N2O/c14-7-6-10-11-8-15(13(16)12(10)11)9-4-2-1-3-5-9/h1-5,10-12H,6,8H2/t10-,11-,12-/m0/s1. The molecule has 1 saturated heterocycles. The van der Waals surface area contributed by atoms with Crippen LogP contribution >= 0.6 is 0 Å². The zero-order valence-corrected chi connectivity index (χ0v) is 8.84. The number of piperidine rings is 1. The maximum absolute atomic E-state index is 12.0. The third-order valence-corrected chi connectivity index (χ3v) is 3.67. The fraction of sp³-hybridized carbons (Fsp3) is 0.385. The molecule has 1 aliphatic carbocycles. The van der Waals surface area contributed by atoms with Crippen molar-refractivity contribution in [3.8, 4) is 6.07 Å². The van der Waals surface area contributed by atoms with Crippen LogP contribution in [0.1, 0.15) is 6.42 Å². The number of nitrogens with zero attached hydrogens (tertiary/aromatic N) is 2. The second kappa shape index (κ2) is 3.34. The number of anilines is 1. The maximum atomic E-state index is 12.0. The lowest BCUT2D eigenvalue weighted by Gasteiger charge is -2.19. The van der Waals surface area contributed by atoms with Gasteiger partial charge in [-0.2, -0.15) is 5.26 Å².